The van der Waals surface area contributed by atoms with E-state index in [9.17, 15) is 15.0 Å². The predicted octanol–water partition coefficient (Wildman–Crippen LogP) is -0.688. The molecule has 3 nitrogen and oxygen atoms in total. The van der Waals surface area contributed by atoms with Gasteiger partial charge in [-0.2, -0.15) is 0 Å². The van der Waals surface area contributed by atoms with E-state index < -0.39 is 5.97 Å². The van der Waals surface area contributed by atoms with Crippen molar-refractivity contribution in [3.63, 3.8) is 0 Å². The van der Waals surface area contributed by atoms with Crippen LogP contribution in [0.5, 0.6) is 0 Å². The Balaban J connectivity index is 0. The molecule has 0 aliphatic heterocycles. The van der Waals surface area contributed by atoms with Crippen LogP contribution in [-0.4, -0.2) is 17.2 Å². The van der Waals surface area contributed by atoms with E-state index >= 15 is 0 Å². The average Bonchev–Trinajstić information content (AvgIpc) is 2.29. The van der Waals surface area contributed by atoms with Gasteiger partial charge in [0.25, 0.3) is 0 Å². The van der Waals surface area contributed by atoms with Crippen molar-refractivity contribution in [2.45, 2.75) is 53.1 Å². The number of hydrogen-bond acceptors (Lipinski definition) is 3. The molecule has 1 N–H and O–H groups in total. The molecule has 0 aromatic heterocycles. The van der Waals surface area contributed by atoms with Gasteiger partial charge in [0, 0.05) is 0 Å². The van der Waals surface area contributed by atoms with Gasteiger partial charge in [-0.15, -0.1) is 0 Å². The van der Waals surface area contributed by atoms with E-state index in [1.807, 2.05) is 0 Å². The maximum Gasteiger partial charge on any atom is 1.00 e. The summed E-state index contributed by atoms with van der Waals surface area (Å²) < 4.78 is 0. The number of allylic oxidation sites excluding steroid dienone is 3. The van der Waals surface area contributed by atoms with E-state index in [2.05, 4.69) is 20.8 Å². The van der Waals surface area contributed by atoms with Gasteiger partial charge in [-0.3, -0.25) is 0 Å². The minimum atomic E-state index is -1.16. The molecule has 1 saturated carbocycles. The Morgan fingerprint density at radius 2 is 1.90 bits per heavy atom. The van der Waals surface area contributed by atoms with Gasteiger partial charge in [0.05, 0.1) is 12.1 Å². The molecule has 3 atom stereocenters. The Hall–Kier alpha value is 0.546. The van der Waals surface area contributed by atoms with Crippen LogP contribution in [0, 0.1) is 17.8 Å². The molecule has 0 radical (unpaired) electrons. The van der Waals surface area contributed by atoms with Crippen molar-refractivity contribution >= 4 is 5.97 Å². The number of rotatable bonds is 3. The van der Waals surface area contributed by atoms with E-state index in [1.165, 1.54) is 18.9 Å². The first-order valence-electron chi connectivity index (χ1n) is 7.06. The van der Waals surface area contributed by atoms with Gasteiger partial charge in [-0.1, -0.05) is 45.4 Å². The van der Waals surface area contributed by atoms with Gasteiger partial charge < -0.3 is 15.0 Å². The summed E-state index contributed by atoms with van der Waals surface area (Å²) in [6.45, 7) is 8.47. The van der Waals surface area contributed by atoms with Crippen molar-refractivity contribution in [1.82, 2.24) is 0 Å². The molecule has 0 aromatic rings. The van der Waals surface area contributed by atoms with Crippen LogP contribution in [0.3, 0.4) is 0 Å². The second kappa shape index (κ2) is 13.2. The zero-order valence-electron chi connectivity index (χ0n) is 13.5. The Bertz CT molecular complexity index is 311. The van der Waals surface area contributed by atoms with Crippen LogP contribution in [0.15, 0.2) is 24.3 Å². The Labute approximate surface area is 166 Å². The number of aliphatic hydroxyl groups excluding tert-OH is 1. The van der Waals surface area contributed by atoms with Crippen molar-refractivity contribution in [3.8, 4) is 0 Å². The van der Waals surface area contributed by atoms with E-state index in [1.54, 1.807) is 19.1 Å². The monoisotopic (exact) mass is 306 g/mol. The number of aliphatic carboxylic acids is 1. The van der Waals surface area contributed by atoms with Gasteiger partial charge in [0.2, 0.25) is 0 Å². The summed E-state index contributed by atoms with van der Waals surface area (Å²) >= 11 is 0. The molecule has 0 spiro atoms. The largest absolute Gasteiger partial charge is 1.00 e. The van der Waals surface area contributed by atoms with E-state index in [4.69, 9.17) is 0 Å². The zero-order valence-corrected chi connectivity index (χ0v) is 16.6. The second-order valence-corrected chi connectivity index (χ2v) is 5.60. The molecule has 1 aliphatic rings. The first-order chi connectivity index (χ1) is 8.88. The number of hydrogen-bond donors (Lipinski definition) is 1. The molecule has 3 unspecified atom stereocenters. The van der Waals surface area contributed by atoms with E-state index in [0.717, 1.165) is 18.4 Å². The molecule has 1 fully saturated rings. The Morgan fingerprint density at radius 3 is 2.30 bits per heavy atom. The zero-order chi connectivity index (χ0) is 14.8. The number of aliphatic hydroxyl groups is 1. The summed E-state index contributed by atoms with van der Waals surface area (Å²) in [7, 11) is 0. The third kappa shape index (κ3) is 11.2. The van der Waals surface area contributed by atoms with Gasteiger partial charge in [0.15, 0.2) is 0 Å². The fourth-order valence-electron chi connectivity index (χ4n) is 2.40. The Kier molecular flexibility index (Phi) is 15.1. The van der Waals surface area contributed by atoms with Crippen molar-refractivity contribution in [3.05, 3.63) is 24.3 Å². The van der Waals surface area contributed by atoms with Crippen LogP contribution in [-0.2, 0) is 4.79 Å². The standard InChI is InChI=1S/C10H20O.C6H8O2.K/c1-7(2)9-5-4-8(3)6-10(9)11;1-2-3-4-5-6(7)8;/h7-11H,4-6H2,1-3H3;2-5H,1H3,(H,7,8);/q;;+1/p-1/b;3-2+,5-4+;. The summed E-state index contributed by atoms with van der Waals surface area (Å²) in [5, 5.41) is 19.4. The summed E-state index contributed by atoms with van der Waals surface area (Å²) in [4.78, 5) is 9.64. The molecule has 4 heteroatoms. The average molecular weight is 306 g/mol. The van der Waals surface area contributed by atoms with Crippen LogP contribution in [0.1, 0.15) is 47.0 Å². The van der Waals surface area contributed by atoms with Crippen molar-refractivity contribution in [1.29, 1.82) is 0 Å². The summed E-state index contributed by atoms with van der Waals surface area (Å²) in [5.41, 5.74) is 0. The number of carboxylic acids is 1. The smallest absolute Gasteiger partial charge is 0.545 e. The summed E-state index contributed by atoms with van der Waals surface area (Å²) in [5.74, 6) is 0.784. The SMILES string of the molecule is C/C=C/C=C/C(=O)[O-].CC1CCC(C(C)C)C(O)C1.[K+]. The third-order valence-corrected chi connectivity index (χ3v) is 3.52. The molecule has 0 bridgehead atoms. The molecule has 0 amide bonds. The maximum atomic E-state index is 9.71. The summed E-state index contributed by atoms with van der Waals surface area (Å²) in [6, 6.07) is 0. The normalized spacial score (nSPS) is 26.2. The molecule has 1 aliphatic carbocycles. The van der Waals surface area contributed by atoms with Gasteiger partial charge >= 0.3 is 51.4 Å². The Morgan fingerprint density at radius 1 is 1.30 bits per heavy atom. The van der Waals surface area contributed by atoms with Gasteiger partial charge in [-0.25, -0.2) is 0 Å². The van der Waals surface area contributed by atoms with Crippen LogP contribution >= 0.6 is 0 Å². The molecule has 20 heavy (non-hydrogen) atoms. The molecule has 110 valence electrons. The van der Waals surface area contributed by atoms with E-state index in [-0.39, 0.29) is 57.5 Å². The molecule has 0 heterocycles. The predicted molar refractivity (Wildman–Crippen MR) is 76.3 cm³/mol. The maximum absolute atomic E-state index is 9.71. The van der Waals surface area contributed by atoms with Crippen molar-refractivity contribution in [2.24, 2.45) is 17.8 Å². The minimum Gasteiger partial charge on any atom is -0.545 e. The number of carbonyl (C=O) groups excluding carboxylic acids is 1. The minimum absolute atomic E-state index is 0. The topological polar surface area (TPSA) is 60.4 Å². The van der Waals surface area contributed by atoms with Crippen LogP contribution in [0.25, 0.3) is 0 Å². The molecule has 0 aromatic carbocycles. The quantitative estimate of drug-likeness (QED) is 0.427. The van der Waals surface area contributed by atoms with E-state index in [0.29, 0.717) is 11.8 Å². The van der Waals surface area contributed by atoms with Crippen molar-refractivity contribution in [2.75, 3.05) is 0 Å². The second-order valence-electron chi connectivity index (χ2n) is 5.60. The fourth-order valence-corrected chi connectivity index (χ4v) is 2.40. The first kappa shape index (κ1) is 22.8. The molecular weight excluding hydrogens is 279 g/mol. The van der Waals surface area contributed by atoms with Crippen LogP contribution < -0.4 is 56.5 Å². The number of carboxylic acid groups (broad SMARTS) is 1. The van der Waals surface area contributed by atoms with Gasteiger partial charge in [-0.05, 0) is 43.6 Å². The summed E-state index contributed by atoms with van der Waals surface area (Å²) in [6.07, 6.45) is 9.26. The molecular formula is C16H27KO3. The van der Waals surface area contributed by atoms with Crippen LogP contribution in [0.2, 0.25) is 0 Å². The first-order valence-corrected chi connectivity index (χ1v) is 7.06. The molecule has 1 rings (SSSR count). The van der Waals surface area contributed by atoms with Crippen LogP contribution in [0.4, 0.5) is 0 Å². The molecule has 0 saturated heterocycles. The fraction of sp³-hybridized carbons (Fsp3) is 0.688. The third-order valence-electron chi connectivity index (χ3n) is 3.52. The number of carbonyl (C=O) groups is 1. The van der Waals surface area contributed by atoms with Crippen molar-refractivity contribution < 1.29 is 66.4 Å². The van der Waals surface area contributed by atoms with Gasteiger partial charge in [0.1, 0.15) is 0 Å².